The van der Waals surface area contributed by atoms with Gasteiger partial charge in [-0.25, -0.2) is 0 Å². The number of nitrogens with one attached hydrogen (secondary N) is 2. The summed E-state index contributed by atoms with van der Waals surface area (Å²) >= 11 is 0. The molecular formula is C12H10N10. The molecule has 0 bridgehead atoms. The number of nitriles is 1. The second kappa shape index (κ2) is 5.80. The topological polar surface area (TPSA) is 134 Å². The molecule has 2 heterocycles. The molecule has 3 rings (SSSR count). The maximum atomic E-state index is 9.06. The van der Waals surface area contributed by atoms with Crippen LogP contribution in [0.3, 0.4) is 0 Å². The number of rotatable bonds is 4. The molecule has 10 nitrogen and oxygen atoms in total. The predicted octanol–water partition coefficient (Wildman–Crippen LogP) is 0.460. The summed E-state index contributed by atoms with van der Waals surface area (Å²) in [6.45, 7) is 1.77. The highest BCUT2D eigenvalue weighted by atomic mass is 15.6. The van der Waals surface area contributed by atoms with Crippen LogP contribution in [0, 0.1) is 18.3 Å². The zero-order valence-corrected chi connectivity index (χ0v) is 11.5. The molecular weight excluding hydrogens is 284 g/mol. The number of allylic oxidation sites excluding steroid dienone is 1. The molecule has 0 atom stereocenters. The normalized spacial score (nSPS) is 11.2. The third-order valence-corrected chi connectivity index (χ3v) is 2.70. The zero-order valence-electron chi connectivity index (χ0n) is 11.5. The summed E-state index contributed by atoms with van der Waals surface area (Å²) in [5, 5.41) is 37.1. The van der Waals surface area contributed by atoms with Crippen molar-refractivity contribution in [3.63, 3.8) is 0 Å². The number of tetrazole rings is 2. The van der Waals surface area contributed by atoms with E-state index in [2.05, 4.69) is 41.4 Å². The number of aromatic amines is 1. The molecule has 0 radical (unpaired) electrons. The van der Waals surface area contributed by atoms with Crippen LogP contribution in [0.1, 0.15) is 11.6 Å². The van der Waals surface area contributed by atoms with Crippen LogP contribution in [0.25, 0.3) is 11.3 Å². The van der Waals surface area contributed by atoms with Gasteiger partial charge in [-0.05, 0) is 41.6 Å². The van der Waals surface area contributed by atoms with Gasteiger partial charge in [0.15, 0.2) is 5.82 Å². The first-order valence-electron chi connectivity index (χ1n) is 6.24. The van der Waals surface area contributed by atoms with Crippen molar-refractivity contribution in [1.82, 2.24) is 40.8 Å². The first kappa shape index (κ1) is 13.4. The van der Waals surface area contributed by atoms with Gasteiger partial charge in [-0.15, -0.1) is 25.2 Å². The standard InChI is InChI=1S/C12H10N10/c1-8-15-21-22(18-8)11-4-2-10(3-5-11)14-7-9(6-13)12-16-19-20-17-12/h2-5,7,14H,1H3,(H,16,17,19,20). The van der Waals surface area contributed by atoms with Gasteiger partial charge in [0.1, 0.15) is 11.6 Å². The average Bonchev–Trinajstić information content (AvgIpc) is 3.20. The Balaban J connectivity index is 1.75. The lowest BCUT2D eigenvalue weighted by molar-refractivity contribution is 0.719. The highest BCUT2D eigenvalue weighted by molar-refractivity contribution is 5.74. The number of anilines is 1. The smallest absolute Gasteiger partial charge is 0.216 e. The van der Waals surface area contributed by atoms with E-state index >= 15 is 0 Å². The number of hydrogen-bond acceptors (Lipinski definition) is 8. The lowest BCUT2D eigenvalue weighted by Crippen LogP contribution is -1.99. The van der Waals surface area contributed by atoms with Crippen LogP contribution < -0.4 is 5.32 Å². The average molecular weight is 294 g/mol. The summed E-state index contributed by atoms with van der Waals surface area (Å²) in [5.41, 5.74) is 1.84. The Morgan fingerprint density at radius 1 is 1.32 bits per heavy atom. The van der Waals surface area contributed by atoms with Crippen molar-refractivity contribution in [2.75, 3.05) is 5.32 Å². The summed E-state index contributed by atoms with van der Waals surface area (Å²) in [5.74, 6) is 0.831. The van der Waals surface area contributed by atoms with E-state index in [0.717, 1.165) is 11.4 Å². The minimum absolute atomic E-state index is 0.230. The fraction of sp³-hybridized carbons (Fsp3) is 0.0833. The molecule has 0 saturated carbocycles. The van der Waals surface area contributed by atoms with E-state index in [9.17, 15) is 0 Å². The second-order valence-corrected chi connectivity index (χ2v) is 4.22. The number of H-pyrrole nitrogens is 1. The number of nitrogens with zero attached hydrogens (tertiary/aromatic N) is 8. The van der Waals surface area contributed by atoms with Crippen LogP contribution in [-0.2, 0) is 0 Å². The lowest BCUT2D eigenvalue weighted by Gasteiger charge is -2.03. The lowest BCUT2D eigenvalue weighted by atomic mass is 10.2. The minimum Gasteiger partial charge on any atom is -0.360 e. The monoisotopic (exact) mass is 294 g/mol. The molecule has 0 aliphatic carbocycles. The summed E-state index contributed by atoms with van der Waals surface area (Å²) in [6, 6.07) is 9.32. The van der Waals surface area contributed by atoms with Gasteiger partial charge in [0.05, 0.1) is 5.69 Å². The van der Waals surface area contributed by atoms with Crippen LogP contribution in [0.2, 0.25) is 0 Å². The maximum absolute atomic E-state index is 9.06. The van der Waals surface area contributed by atoms with Crippen molar-refractivity contribution in [2.45, 2.75) is 6.92 Å². The van der Waals surface area contributed by atoms with Crippen molar-refractivity contribution >= 4 is 11.3 Å². The van der Waals surface area contributed by atoms with Gasteiger partial charge in [0.25, 0.3) is 0 Å². The number of aryl methyl sites for hydroxylation is 1. The Kier molecular flexibility index (Phi) is 3.52. The molecule has 0 aliphatic heterocycles. The summed E-state index contributed by atoms with van der Waals surface area (Å²) in [7, 11) is 0. The number of hydrogen-bond donors (Lipinski definition) is 2. The number of aromatic nitrogens is 8. The van der Waals surface area contributed by atoms with Crippen molar-refractivity contribution in [1.29, 1.82) is 5.26 Å². The molecule has 0 saturated heterocycles. The van der Waals surface area contributed by atoms with Crippen LogP contribution in [0.4, 0.5) is 5.69 Å². The van der Waals surface area contributed by atoms with Gasteiger partial charge in [0, 0.05) is 11.9 Å². The third-order valence-electron chi connectivity index (χ3n) is 2.70. The highest BCUT2D eigenvalue weighted by Gasteiger charge is 2.05. The highest BCUT2D eigenvalue weighted by Crippen LogP contribution is 2.13. The molecule has 0 amide bonds. The summed E-state index contributed by atoms with van der Waals surface area (Å²) in [6.07, 6.45) is 1.51. The van der Waals surface area contributed by atoms with Crippen molar-refractivity contribution < 1.29 is 0 Å². The maximum Gasteiger partial charge on any atom is 0.216 e. The molecule has 0 spiro atoms. The molecule has 3 aromatic rings. The van der Waals surface area contributed by atoms with E-state index in [1.807, 2.05) is 30.3 Å². The predicted molar refractivity (Wildman–Crippen MR) is 75.3 cm³/mol. The fourth-order valence-corrected chi connectivity index (χ4v) is 1.66. The molecule has 2 aromatic heterocycles. The van der Waals surface area contributed by atoms with Gasteiger partial charge in [-0.1, -0.05) is 0 Å². The SMILES string of the molecule is Cc1nnn(-c2ccc(NC=C(C#N)c3nn[nH]n3)cc2)n1. The van der Waals surface area contributed by atoms with Gasteiger partial charge in [-0.3, -0.25) is 0 Å². The molecule has 0 fully saturated rings. The van der Waals surface area contributed by atoms with Crippen molar-refractivity contribution in [3.8, 4) is 11.8 Å². The van der Waals surface area contributed by atoms with E-state index in [4.69, 9.17) is 5.26 Å². The minimum atomic E-state index is 0.230. The number of benzene rings is 1. The Morgan fingerprint density at radius 3 is 2.73 bits per heavy atom. The van der Waals surface area contributed by atoms with E-state index in [1.165, 1.54) is 11.0 Å². The van der Waals surface area contributed by atoms with Crippen LogP contribution in [0.15, 0.2) is 30.5 Å². The molecule has 10 heteroatoms. The molecule has 1 aromatic carbocycles. The van der Waals surface area contributed by atoms with E-state index < -0.39 is 0 Å². The van der Waals surface area contributed by atoms with E-state index in [0.29, 0.717) is 5.82 Å². The Labute approximate surface area is 124 Å². The van der Waals surface area contributed by atoms with Gasteiger partial charge in [0.2, 0.25) is 5.82 Å². The van der Waals surface area contributed by atoms with Crippen molar-refractivity contribution in [3.05, 3.63) is 42.1 Å². The van der Waals surface area contributed by atoms with E-state index in [-0.39, 0.29) is 11.4 Å². The van der Waals surface area contributed by atoms with E-state index in [1.54, 1.807) is 6.92 Å². The second-order valence-electron chi connectivity index (χ2n) is 4.22. The summed E-state index contributed by atoms with van der Waals surface area (Å²) < 4.78 is 0. The molecule has 2 N–H and O–H groups in total. The molecule has 22 heavy (non-hydrogen) atoms. The third kappa shape index (κ3) is 2.78. The molecule has 0 aliphatic rings. The largest absolute Gasteiger partial charge is 0.360 e. The Hall–Kier alpha value is -3.61. The zero-order chi connectivity index (χ0) is 15.4. The molecule has 0 unspecified atom stereocenters. The van der Waals surface area contributed by atoms with Crippen LogP contribution in [0.5, 0.6) is 0 Å². The Morgan fingerprint density at radius 2 is 2.14 bits per heavy atom. The Bertz CT molecular complexity index is 822. The van der Waals surface area contributed by atoms with Gasteiger partial charge >= 0.3 is 0 Å². The quantitative estimate of drug-likeness (QED) is 0.663. The first-order valence-corrected chi connectivity index (χ1v) is 6.24. The van der Waals surface area contributed by atoms with Crippen molar-refractivity contribution in [2.24, 2.45) is 0 Å². The fourth-order valence-electron chi connectivity index (χ4n) is 1.66. The first-order chi connectivity index (χ1) is 10.8. The van der Waals surface area contributed by atoms with Crippen LogP contribution in [-0.4, -0.2) is 40.8 Å². The van der Waals surface area contributed by atoms with Crippen LogP contribution >= 0.6 is 0 Å². The van der Waals surface area contributed by atoms with Gasteiger partial charge < -0.3 is 5.32 Å². The van der Waals surface area contributed by atoms with Gasteiger partial charge in [-0.2, -0.15) is 10.5 Å². The summed E-state index contributed by atoms with van der Waals surface area (Å²) in [4.78, 5) is 1.44. The molecule has 108 valence electrons.